The lowest BCUT2D eigenvalue weighted by Gasteiger charge is -2.15. The summed E-state index contributed by atoms with van der Waals surface area (Å²) in [5.41, 5.74) is 19.3. The molecule has 0 atom stereocenters. The summed E-state index contributed by atoms with van der Waals surface area (Å²) in [6, 6.07) is 36.4. The molecule has 5 aromatic carbocycles. The lowest BCUT2D eigenvalue weighted by molar-refractivity contribution is 1.26. The van der Waals surface area contributed by atoms with E-state index in [2.05, 4.69) is 137 Å². The molecule has 200 valence electrons. The molecule has 0 bridgehead atoms. The Labute approximate surface area is 245 Å². The van der Waals surface area contributed by atoms with Gasteiger partial charge >= 0.3 is 0 Å². The van der Waals surface area contributed by atoms with Crippen LogP contribution in [0.1, 0.15) is 40.3 Å². The summed E-state index contributed by atoms with van der Waals surface area (Å²) < 4.78 is 0. The Morgan fingerprint density at radius 1 is 0.610 bits per heavy atom. The Morgan fingerprint density at radius 3 is 1.80 bits per heavy atom. The van der Waals surface area contributed by atoms with Crippen molar-refractivity contribution in [3.8, 4) is 44.5 Å². The molecule has 0 radical (unpaired) electrons. The van der Waals surface area contributed by atoms with Crippen molar-refractivity contribution in [1.82, 2.24) is 0 Å². The first kappa shape index (κ1) is 26.5. The summed E-state index contributed by atoms with van der Waals surface area (Å²) in [7, 11) is 0. The Bertz CT molecular complexity index is 1860. The maximum Gasteiger partial charge on any atom is -0.00134 e. The molecule has 0 nitrogen and oxygen atoms in total. The third-order valence-corrected chi connectivity index (χ3v) is 8.36. The quantitative estimate of drug-likeness (QED) is 0.189. The van der Waals surface area contributed by atoms with Crippen molar-refractivity contribution in [2.75, 3.05) is 0 Å². The predicted molar refractivity (Wildman–Crippen MR) is 178 cm³/mol. The number of hydrogen-bond donors (Lipinski definition) is 0. The number of allylic oxidation sites excluding steroid dienone is 5. The van der Waals surface area contributed by atoms with Crippen LogP contribution in [0, 0.1) is 20.8 Å². The second-order valence-corrected chi connectivity index (χ2v) is 11.2. The van der Waals surface area contributed by atoms with Crippen molar-refractivity contribution in [3.63, 3.8) is 0 Å². The number of hydrogen-bond acceptors (Lipinski definition) is 0. The summed E-state index contributed by atoms with van der Waals surface area (Å²) in [5, 5.41) is 0. The average molecular weight is 529 g/mol. The van der Waals surface area contributed by atoms with Gasteiger partial charge in [0.05, 0.1) is 0 Å². The van der Waals surface area contributed by atoms with Crippen LogP contribution in [0.25, 0.3) is 50.1 Å². The van der Waals surface area contributed by atoms with Gasteiger partial charge in [-0.1, -0.05) is 109 Å². The molecule has 0 saturated heterocycles. The van der Waals surface area contributed by atoms with E-state index in [0.29, 0.717) is 0 Å². The van der Waals surface area contributed by atoms with Gasteiger partial charge in [-0.2, -0.15) is 0 Å². The smallest absolute Gasteiger partial charge is 0.00134 e. The van der Waals surface area contributed by atoms with E-state index in [1.165, 1.54) is 77.9 Å². The van der Waals surface area contributed by atoms with E-state index in [1.54, 1.807) is 0 Å². The molecule has 6 rings (SSSR count). The highest BCUT2D eigenvalue weighted by Crippen LogP contribution is 2.41. The summed E-state index contributed by atoms with van der Waals surface area (Å²) in [5.74, 6) is 0. The molecule has 5 aromatic rings. The van der Waals surface area contributed by atoms with Gasteiger partial charge in [-0.25, -0.2) is 0 Å². The SMILES string of the molecule is C=C/C(=C\C=C/C)c1cccc(-c2ccc(C)c(-c3cc(-c4ccc5c(c4)-c4cc(C)ccc4C5)ccc3C)c2)c1. The fourth-order valence-corrected chi connectivity index (χ4v) is 6.01. The van der Waals surface area contributed by atoms with Crippen LogP contribution in [-0.4, -0.2) is 0 Å². The molecule has 0 unspecified atom stereocenters. The van der Waals surface area contributed by atoms with Crippen LogP contribution < -0.4 is 0 Å². The topological polar surface area (TPSA) is 0 Å². The summed E-state index contributed by atoms with van der Waals surface area (Å²) >= 11 is 0. The van der Waals surface area contributed by atoms with Gasteiger partial charge in [-0.05, 0) is 136 Å². The van der Waals surface area contributed by atoms with Gasteiger partial charge in [0.25, 0.3) is 0 Å². The first-order chi connectivity index (χ1) is 19.9. The molecule has 0 heterocycles. The Kier molecular flexibility index (Phi) is 7.16. The van der Waals surface area contributed by atoms with Crippen LogP contribution in [0.15, 0.2) is 128 Å². The molecule has 0 fully saturated rings. The van der Waals surface area contributed by atoms with Gasteiger partial charge in [0.1, 0.15) is 0 Å². The fourth-order valence-electron chi connectivity index (χ4n) is 6.01. The van der Waals surface area contributed by atoms with E-state index in [0.717, 1.165) is 12.0 Å². The lowest BCUT2D eigenvalue weighted by Crippen LogP contribution is -1.91. The normalized spacial score (nSPS) is 12.4. The van der Waals surface area contributed by atoms with Gasteiger partial charge in [0, 0.05) is 0 Å². The molecule has 0 aromatic heterocycles. The van der Waals surface area contributed by atoms with E-state index < -0.39 is 0 Å². The van der Waals surface area contributed by atoms with Crippen molar-refractivity contribution in [3.05, 3.63) is 161 Å². The summed E-state index contributed by atoms with van der Waals surface area (Å²) in [6.45, 7) is 12.7. The Hall–Kier alpha value is -4.68. The molecule has 41 heavy (non-hydrogen) atoms. The summed E-state index contributed by atoms with van der Waals surface area (Å²) in [6.07, 6.45) is 9.16. The molecular weight excluding hydrogens is 492 g/mol. The van der Waals surface area contributed by atoms with Crippen LogP contribution in [0.5, 0.6) is 0 Å². The first-order valence-electron chi connectivity index (χ1n) is 14.5. The van der Waals surface area contributed by atoms with Crippen LogP contribution in [0.2, 0.25) is 0 Å². The van der Waals surface area contributed by atoms with E-state index >= 15 is 0 Å². The molecule has 0 saturated carbocycles. The third kappa shape index (κ3) is 5.14. The van der Waals surface area contributed by atoms with E-state index in [9.17, 15) is 0 Å². The lowest BCUT2D eigenvalue weighted by atomic mass is 9.89. The van der Waals surface area contributed by atoms with Gasteiger partial charge in [-0.3, -0.25) is 0 Å². The van der Waals surface area contributed by atoms with Crippen LogP contribution in [0.3, 0.4) is 0 Å². The Morgan fingerprint density at radius 2 is 1.17 bits per heavy atom. The zero-order valence-electron chi connectivity index (χ0n) is 24.5. The number of benzene rings is 5. The highest BCUT2D eigenvalue weighted by atomic mass is 14.2. The van der Waals surface area contributed by atoms with Crippen molar-refractivity contribution >= 4 is 5.57 Å². The van der Waals surface area contributed by atoms with Gasteiger partial charge in [-0.15, -0.1) is 0 Å². The molecular formula is C41H36. The third-order valence-electron chi connectivity index (χ3n) is 8.36. The maximum absolute atomic E-state index is 4.03. The highest BCUT2D eigenvalue weighted by Gasteiger charge is 2.19. The fraction of sp³-hybridized carbons (Fsp3) is 0.122. The zero-order chi connectivity index (χ0) is 28.5. The van der Waals surface area contributed by atoms with Crippen molar-refractivity contribution in [1.29, 1.82) is 0 Å². The molecule has 0 aliphatic heterocycles. The van der Waals surface area contributed by atoms with Crippen molar-refractivity contribution < 1.29 is 0 Å². The standard InChI is InChI=1S/C41H36/c1-6-8-10-30(7-2)31-11-9-12-32(22-31)33-17-14-28(4)38(24-33)39-25-34(18-15-29(39)5)35-19-20-37-23-36-16-13-27(3)21-40(36)41(37)26-35/h6-22,24-26H,2,23H2,1,3-5H3/b8-6-,30-10+. The number of aryl methyl sites for hydroxylation is 3. The van der Waals surface area contributed by atoms with Crippen LogP contribution in [-0.2, 0) is 6.42 Å². The second kappa shape index (κ2) is 11.1. The zero-order valence-corrected chi connectivity index (χ0v) is 24.5. The number of fused-ring (bicyclic) bond motifs is 3. The molecule has 1 aliphatic rings. The Balaban J connectivity index is 1.40. The van der Waals surface area contributed by atoms with Crippen molar-refractivity contribution in [2.24, 2.45) is 0 Å². The minimum absolute atomic E-state index is 1.02. The minimum atomic E-state index is 1.02. The minimum Gasteiger partial charge on any atom is -0.0984 e. The van der Waals surface area contributed by atoms with E-state index in [-0.39, 0.29) is 0 Å². The van der Waals surface area contributed by atoms with Crippen LogP contribution >= 0.6 is 0 Å². The second-order valence-electron chi connectivity index (χ2n) is 11.2. The molecule has 1 aliphatic carbocycles. The van der Waals surface area contributed by atoms with Gasteiger partial charge < -0.3 is 0 Å². The molecule has 0 N–H and O–H groups in total. The van der Waals surface area contributed by atoms with Crippen LogP contribution in [0.4, 0.5) is 0 Å². The van der Waals surface area contributed by atoms with Gasteiger partial charge in [0.15, 0.2) is 0 Å². The summed E-state index contributed by atoms with van der Waals surface area (Å²) in [4.78, 5) is 0. The van der Waals surface area contributed by atoms with E-state index in [1.807, 2.05) is 19.1 Å². The highest BCUT2D eigenvalue weighted by molar-refractivity contribution is 5.85. The maximum atomic E-state index is 4.03. The van der Waals surface area contributed by atoms with E-state index in [4.69, 9.17) is 0 Å². The molecule has 0 heteroatoms. The average Bonchev–Trinajstić information content (AvgIpc) is 3.35. The largest absolute Gasteiger partial charge is 0.0984 e. The monoisotopic (exact) mass is 528 g/mol. The van der Waals surface area contributed by atoms with Crippen molar-refractivity contribution in [2.45, 2.75) is 34.1 Å². The van der Waals surface area contributed by atoms with Gasteiger partial charge in [0.2, 0.25) is 0 Å². The molecule has 0 spiro atoms. The first-order valence-corrected chi connectivity index (χ1v) is 14.5. The molecule has 0 amide bonds. The number of rotatable bonds is 6. The predicted octanol–water partition coefficient (Wildman–Crippen LogP) is 11.3.